The zero-order valence-electron chi connectivity index (χ0n) is 15.3. The van der Waals surface area contributed by atoms with Crippen molar-refractivity contribution in [3.8, 4) is 23.0 Å². The summed E-state index contributed by atoms with van der Waals surface area (Å²) >= 11 is 0. The number of rotatable bonds is 7. The quantitative estimate of drug-likeness (QED) is 0.645. The molecule has 3 aromatic rings. The maximum Gasteiger partial charge on any atom is 0.262 e. The minimum atomic E-state index is -0.376. The highest BCUT2D eigenvalue weighted by Gasteiger charge is 2.11. The first-order valence-corrected chi connectivity index (χ1v) is 8.30. The first kappa shape index (κ1) is 18.9. The summed E-state index contributed by atoms with van der Waals surface area (Å²) in [7, 11) is 1.49. The van der Waals surface area contributed by atoms with Gasteiger partial charge in [-0.3, -0.25) is 9.59 Å². The second-order valence-corrected chi connectivity index (χ2v) is 5.70. The molecular weight excluding hydrogens is 364 g/mol. The summed E-state index contributed by atoms with van der Waals surface area (Å²) in [5.74, 6) is 0.785. The van der Waals surface area contributed by atoms with Crippen LogP contribution in [0.4, 0.5) is 11.4 Å². The molecule has 0 saturated heterocycles. The third kappa shape index (κ3) is 4.85. The largest absolute Gasteiger partial charge is 0.495 e. The Kier molecular flexibility index (Phi) is 5.85. The molecule has 2 N–H and O–H groups in total. The molecule has 2 aromatic carbocycles. The van der Waals surface area contributed by atoms with Crippen molar-refractivity contribution in [2.75, 3.05) is 24.4 Å². The number of nitrogens with zero attached hydrogens (tertiary/aromatic N) is 2. The molecule has 1 aromatic heterocycles. The van der Waals surface area contributed by atoms with Crippen LogP contribution in [-0.2, 0) is 9.59 Å². The number of amides is 2. The van der Waals surface area contributed by atoms with Crippen molar-refractivity contribution in [1.82, 2.24) is 10.2 Å². The molecule has 144 valence electrons. The van der Waals surface area contributed by atoms with Crippen LogP contribution < -0.4 is 20.1 Å². The summed E-state index contributed by atoms with van der Waals surface area (Å²) < 4.78 is 15.8. The van der Waals surface area contributed by atoms with Crippen LogP contribution in [-0.4, -0.2) is 35.7 Å². The van der Waals surface area contributed by atoms with Crippen molar-refractivity contribution in [3.63, 3.8) is 0 Å². The SMILES string of the molecule is COc1ccc(NC(C)=O)cc1NC(=O)COc1ccc(-c2nnco2)cc1. The zero-order valence-corrected chi connectivity index (χ0v) is 15.3. The fraction of sp³-hybridized carbons (Fsp3) is 0.158. The lowest BCUT2D eigenvalue weighted by Crippen LogP contribution is -2.20. The molecule has 0 saturated carbocycles. The van der Waals surface area contributed by atoms with Crippen LogP contribution in [0.25, 0.3) is 11.5 Å². The summed E-state index contributed by atoms with van der Waals surface area (Å²) in [6.45, 7) is 1.20. The van der Waals surface area contributed by atoms with E-state index >= 15 is 0 Å². The van der Waals surface area contributed by atoms with E-state index in [0.29, 0.717) is 28.8 Å². The van der Waals surface area contributed by atoms with E-state index in [1.165, 1.54) is 20.4 Å². The van der Waals surface area contributed by atoms with Crippen molar-refractivity contribution >= 4 is 23.2 Å². The molecule has 0 aliphatic rings. The number of hydrogen-bond acceptors (Lipinski definition) is 7. The number of ether oxygens (including phenoxy) is 2. The normalized spacial score (nSPS) is 10.2. The van der Waals surface area contributed by atoms with Crippen LogP contribution in [0.5, 0.6) is 11.5 Å². The van der Waals surface area contributed by atoms with E-state index in [1.807, 2.05) is 0 Å². The fourth-order valence-corrected chi connectivity index (χ4v) is 2.41. The predicted octanol–water partition coefficient (Wildman–Crippen LogP) is 2.72. The Bertz CT molecular complexity index is 955. The van der Waals surface area contributed by atoms with Gasteiger partial charge in [0.15, 0.2) is 6.61 Å². The Balaban J connectivity index is 1.60. The highest BCUT2D eigenvalue weighted by Crippen LogP contribution is 2.28. The maximum absolute atomic E-state index is 12.2. The molecule has 0 bridgehead atoms. The monoisotopic (exact) mass is 382 g/mol. The summed E-state index contributed by atoms with van der Waals surface area (Å²) in [5.41, 5.74) is 1.71. The van der Waals surface area contributed by atoms with Gasteiger partial charge in [0.2, 0.25) is 18.2 Å². The van der Waals surface area contributed by atoms with Gasteiger partial charge in [0.1, 0.15) is 11.5 Å². The van der Waals surface area contributed by atoms with E-state index in [4.69, 9.17) is 13.9 Å². The molecule has 0 fully saturated rings. The third-order valence-corrected chi connectivity index (χ3v) is 3.63. The maximum atomic E-state index is 12.2. The van der Waals surface area contributed by atoms with E-state index in [2.05, 4.69) is 20.8 Å². The number of aromatic nitrogens is 2. The van der Waals surface area contributed by atoms with E-state index < -0.39 is 0 Å². The van der Waals surface area contributed by atoms with Gasteiger partial charge in [-0.2, -0.15) is 0 Å². The lowest BCUT2D eigenvalue weighted by atomic mass is 10.2. The first-order valence-electron chi connectivity index (χ1n) is 8.30. The second-order valence-electron chi connectivity index (χ2n) is 5.70. The average Bonchev–Trinajstić information content (AvgIpc) is 3.21. The van der Waals surface area contributed by atoms with Crippen LogP contribution >= 0.6 is 0 Å². The van der Waals surface area contributed by atoms with Gasteiger partial charge in [-0.1, -0.05) is 0 Å². The molecule has 0 aliphatic carbocycles. The molecule has 0 aliphatic heterocycles. The van der Waals surface area contributed by atoms with Crippen LogP contribution in [0.1, 0.15) is 6.92 Å². The summed E-state index contributed by atoms with van der Waals surface area (Å²) in [6, 6.07) is 11.8. The number of carbonyl (C=O) groups excluding carboxylic acids is 2. The Hall–Kier alpha value is -3.88. The van der Waals surface area contributed by atoms with Gasteiger partial charge in [0.05, 0.1) is 12.8 Å². The summed E-state index contributed by atoms with van der Waals surface area (Å²) in [5, 5.41) is 12.8. The molecule has 1 heterocycles. The van der Waals surface area contributed by atoms with Crippen molar-refractivity contribution in [2.45, 2.75) is 6.92 Å². The Labute approximate surface area is 160 Å². The van der Waals surface area contributed by atoms with E-state index in [1.54, 1.807) is 42.5 Å². The predicted molar refractivity (Wildman–Crippen MR) is 101 cm³/mol. The van der Waals surface area contributed by atoms with Crippen LogP contribution in [0.3, 0.4) is 0 Å². The fourth-order valence-electron chi connectivity index (χ4n) is 2.41. The Morgan fingerprint density at radius 3 is 2.54 bits per heavy atom. The number of anilines is 2. The van der Waals surface area contributed by atoms with Crippen molar-refractivity contribution in [1.29, 1.82) is 0 Å². The van der Waals surface area contributed by atoms with E-state index in [9.17, 15) is 9.59 Å². The first-order chi connectivity index (χ1) is 13.5. The second kappa shape index (κ2) is 8.67. The highest BCUT2D eigenvalue weighted by molar-refractivity contribution is 5.95. The number of hydrogen-bond donors (Lipinski definition) is 2. The molecule has 0 atom stereocenters. The molecule has 2 amide bonds. The number of benzene rings is 2. The Morgan fingerprint density at radius 2 is 1.89 bits per heavy atom. The molecule has 0 unspecified atom stereocenters. The van der Waals surface area contributed by atoms with Gasteiger partial charge < -0.3 is 24.5 Å². The van der Waals surface area contributed by atoms with Gasteiger partial charge in [0, 0.05) is 18.2 Å². The molecule has 28 heavy (non-hydrogen) atoms. The lowest BCUT2D eigenvalue weighted by Gasteiger charge is -2.13. The zero-order chi connectivity index (χ0) is 19.9. The van der Waals surface area contributed by atoms with Gasteiger partial charge in [-0.25, -0.2) is 0 Å². The highest BCUT2D eigenvalue weighted by atomic mass is 16.5. The molecule has 9 heteroatoms. The number of nitrogens with one attached hydrogen (secondary N) is 2. The van der Waals surface area contributed by atoms with E-state index in [-0.39, 0.29) is 18.4 Å². The summed E-state index contributed by atoms with van der Waals surface area (Å²) in [6.07, 6.45) is 1.25. The van der Waals surface area contributed by atoms with Crippen molar-refractivity contribution in [2.24, 2.45) is 0 Å². The minimum absolute atomic E-state index is 0.201. The van der Waals surface area contributed by atoms with Crippen molar-refractivity contribution in [3.05, 3.63) is 48.9 Å². The lowest BCUT2D eigenvalue weighted by molar-refractivity contribution is -0.118. The van der Waals surface area contributed by atoms with Crippen molar-refractivity contribution < 1.29 is 23.5 Å². The minimum Gasteiger partial charge on any atom is -0.495 e. The molecule has 0 spiro atoms. The number of carbonyl (C=O) groups is 2. The molecule has 3 rings (SSSR count). The topological polar surface area (TPSA) is 116 Å². The Morgan fingerprint density at radius 1 is 1.11 bits per heavy atom. The van der Waals surface area contributed by atoms with E-state index in [0.717, 1.165) is 5.56 Å². The van der Waals surface area contributed by atoms with Gasteiger partial charge in [-0.05, 0) is 42.5 Å². The van der Waals surface area contributed by atoms with Crippen LogP contribution in [0.2, 0.25) is 0 Å². The average molecular weight is 382 g/mol. The molecular formula is C19H18N4O5. The summed E-state index contributed by atoms with van der Waals surface area (Å²) in [4.78, 5) is 23.4. The van der Waals surface area contributed by atoms with Gasteiger partial charge >= 0.3 is 0 Å². The smallest absolute Gasteiger partial charge is 0.262 e. The third-order valence-electron chi connectivity index (χ3n) is 3.63. The van der Waals surface area contributed by atoms with Crippen LogP contribution in [0.15, 0.2) is 53.3 Å². The number of methoxy groups -OCH3 is 1. The van der Waals surface area contributed by atoms with Gasteiger partial charge in [0.25, 0.3) is 5.91 Å². The standard InChI is InChI=1S/C19H18N4O5/c1-12(24)21-14-5-8-17(26-2)16(9-14)22-18(25)10-27-15-6-3-13(4-7-15)19-23-20-11-28-19/h3-9,11H,10H2,1-2H3,(H,21,24)(H,22,25). The molecule has 0 radical (unpaired) electrons. The van der Waals surface area contributed by atoms with Crippen LogP contribution in [0, 0.1) is 0 Å². The molecule has 9 nitrogen and oxygen atoms in total. The van der Waals surface area contributed by atoms with Gasteiger partial charge in [-0.15, -0.1) is 10.2 Å².